The number of amides is 2. The standard InChI is InChI=1S/C18H25N7O2/c1-22(18(26)23-7-9-27-10-8-23)14-11-24(12-14)16-6-5-15-19-20-17(25(15)21-16)13-3-2-4-13/h5-6,13-14H,2-4,7-12H2,1H3. The Labute approximate surface area is 157 Å². The van der Waals surface area contributed by atoms with Gasteiger partial charge in [0.15, 0.2) is 11.5 Å². The highest BCUT2D eigenvalue weighted by Crippen LogP contribution is 2.35. The molecule has 9 nitrogen and oxygen atoms in total. The van der Waals surface area contributed by atoms with Crippen LogP contribution in [0.2, 0.25) is 0 Å². The molecule has 2 amide bonds. The summed E-state index contributed by atoms with van der Waals surface area (Å²) in [6, 6.07) is 4.28. The van der Waals surface area contributed by atoms with Gasteiger partial charge in [-0.25, -0.2) is 4.79 Å². The number of anilines is 1. The Hall–Kier alpha value is -2.42. The van der Waals surface area contributed by atoms with E-state index in [2.05, 4.69) is 15.1 Å². The second-order valence-electron chi connectivity index (χ2n) is 7.70. The van der Waals surface area contributed by atoms with Gasteiger partial charge in [-0.15, -0.1) is 15.3 Å². The first-order valence-corrected chi connectivity index (χ1v) is 9.77. The van der Waals surface area contributed by atoms with Crippen LogP contribution in [0.15, 0.2) is 12.1 Å². The third-order valence-corrected chi connectivity index (χ3v) is 6.06. The zero-order valence-corrected chi connectivity index (χ0v) is 15.6. The molecule has 0 aromatic carbocycles. The van der Waals surface area contributed by atoms with E-state index in [9.17, 15) is 4.79 Å². The number of morpholine rings is 1. The van der Waals surface area contributed by atoms with Crippen LogP contribution in [0, 0.1) is 0 Å². The lowest BCUT2D eigenvalue weighted by atomic mass is 9.85. The van der Waals surface area contributed by atoms with Gasteiger partial charge in [0.25, 0.3) is 0 Å². The molecule has 9 heteroatoms. The van der Waals surface area contributed by atoms with Crippen molar-refractivity contribution < 1.29 is 9.53 Å². The van der Waals surface area contributed by atoms with Gasteiger partial charge in [0.2, 0.25) is 0 Å². The minimum atomic E-state index is 0.0949. The predicted molar refractivity (Wildman–Crippen MR) is 98.9 cm³/mol. The van der Waals surface area contributed by atoms with Gasteiger partial charge in [-0.2, -0.15) is 4.52 Å². The number of aromatic nitrogens is 4. The van der Waals surface area contributed by atoms with Crippen molar-refractivity contribution in [1.82, 2.24) is 29.6 Å². The third-order valence-electron chi connectivity index (χ3n) is 6.06. The van der Waals surface area contributed by atoms with Gasteiger partial charge >= 0.3 is 6.03 Å². The Morgan fingerprint density at radius 3 is 2.67 bits per heavy atom. The molecule has 0 radical (unpaired) electrons. The number of carbonyl (C=O) groups is 1. The van der Waals surface area contributed by atoms with Crippen molar-refractivity contribution in [3.63, 3.8) is 0 Å². The number of likely N-dealkylation sites (N-methyl/N-ethyl adjacent to an activating group) is 1. The van der Waals surface area contributed by atoms with E-state index < -0.39 is 0 Å². The number of hydrogen-bond donors (Lipinski definition) is 0. The highest BCUT2D eigenvalue weighted by molar-refractivity contribution is 5.75. The van der Waals surface area contributed by atoms with E-state index in [0.717, 1.165) is 30.4 Å². The van der Waals surface area contributed by atoms with Gasteiger partial charge < -0.3 is 19.4 Å². The minimum absolute atomic E-state index is 0.0949. The Balaban J connectivity index is 1.25. The normalized spacial score (nSPS) is 21.2. The molecule has 5 rings (SSSR count). The fourth-order valence-corrected chi connectivity index (χ4v) is 3.91. The molecule has 2 aromatic heterocycles. The highest BCUT2D eigenvalue weighted by Gasteiger charge is 2.35. The maximum absolute atomic E-state index is 12.6. The highest BCUT2D eigenvalue weighted by atomic mass is 16.5. The molecule has 1 aliphatic carbocycles. The smallest absolute Gasteiger partial charge is 0.320 e. The van der Waals surface area contributed by atoms with Crippen LogP contribution in [-0.4, -0.2) is 88.1 Å². The summed E-state index contributed by atoms with van der Waals surface area (Å²) in [4.78, 5) is 18.6. The van der Waals surface area contributed by atoms with Crippen molar-refractivity contribution in [2.24, 2.45) is 0 Å². The van der Waals surface area contributed by atoms with E-state index in [0.29, 0.717) is 32.2 Å². The molecular weight excluding hydrogens is 346 g/mol. The Morgan fingerprint density at radius 1 is 1.19 bits per heavy atom. The van der Waals surface area contributed by atoms with Gasteiger partial charge in [0, 0.05) is 39.1 Å². The van der Waals surface area contributed by atoms with Crippen LogP contribution in [0.25, 0.3) is 5.65 Å². The van der Waals surface area contributed by atoms with Crippen LogP contribution in [0.4, 0.5) is 10.6 Å². The zero-order chi connectivity index (χ0) is 18.4. The van der Waals surface area contributed by atoms with Gasteiger partial charge in [0.1, 0.15) is 5.82 Å². The summed E-state index contributed by atoms with van der Waals surface area (Å²) >= 11 is 0. The molecule has 2 aliphatic heterocycles. The fourth-order valence-electron chi connectivity index (χ4n) is 3.91. The average molecular weight is 371 g/mol. The molecule has 0 N–H and O–H groups in total. The molecule has 1 saturated carbocycles. The summed E-state index contributed by atoms with van der Waals surface area (Å²) in [7, 11) is 1.89. The van der Waals surface area contributed by atoms with Crippen molar-refractivity contribution in [3.8, 4) is 0 Å². The monoisotopic (exact) mass is 371 g/mol. The summed E-state index contributed by atoms with van der Waals surface area (Å²) in [5.41, 5.74) is 0.803. The first kappa shape index (κ1) is 16.7. The largest absolute Gasteiger partial charge is 0.378 e. The topological polar surface area (TPSA) is 79.1 Å². The van der Waals surface area contributed by atoms with Crippen LogP contribution >= 0.6 is 0 Å². The molecule has 2 aromatic rings. The number of hydrogen-bond acceptors (Lipinski definition) is 6. The SMILES string of the molecule is CN(C(=O)N1CCOCC1)C1CN(c2ccc3nnc(C4CCC4)n3n2)C1. The van der Waals surface area contributed by atoms with E-state index in [-0.39, 0.29) is 12.1 Å². The predicted octanol–water partition coefficient (Wildman–Crippen LogP) is 0.964. The first-order chi connectivity index (χ1) is 13.2. The quantitative estimate of drug-likeness (QED) is 0.800. The summed E-state index contributed by atoms with van der Waals surface area (Å²) in [5, 5.41) is 13.4. The Morgan fingerprint density at radius 2 is 1.96 bits per heavy atom. The lowest BCUT2D eigenvalue weighted by Gasteiger charge is -2.45. The molecule has 0 spiro atoms. The summed E-state index contributed by atoms with van der Waals surface area (Å²) in [6.45, 7) is 4.20. The molecule has 27 heavy (non-hydrogen) atoms. The van der Waals surface area contributed by atoms with Gasteiger partial charge in [-0.05, 0) is 25.0 Å². The van der Waals surface area contributed by atoms with E-state index >= 15 is 0 Å². The summed E-state index contributed by atoms with van der Waals surface area (Å²) in [6.07, 6.45) is 3.61. The van der Waals surface area contributed by atoms with Gasteiger partial charge in [-0.3, -0.25) is 0 Å². The number of fused-ring (bicyclic) bond motifs is 1. The lowest BCUT2D eigenvalue weighted by Crippen LogP contribution is -2.62. The van der Waals surface area contributed by atoms with E-state index in [1.807, 2.05) is 33.5 Å². The molecule has 0 unspecified atom stereocenters. The van der Waals surface area contributed by atoms with Crippen LogP contribution < -0.4 is 4.90 Å². The molecule has 2 saturated heterocycles. The number of nitrogens with zero attached hydrogens (tertiary/aromatic N) is 7. The number of ether oxygens (including phenoxy) is 1. The van der Waals surface area contributed by atoms with Crippen LogP contribution in [0.1, 0.15) is 31.0 Å². The van der Waals surface area contributed by atoms with Crippen LogP contribution in [-0.2, 0) is 4.74 Å². The van der Waals surface area contributed by atoms with Crippen molar-refractivity contribution >= 4 is 17.5 Å². The second-order valence-corrected chi connectivity index (χ2v) is 7.70. The van der Waals surface area contributed by atoms with Crippen LogP contribution in [0.3, 0.4) is 0 Å². The molecule has 144 valence electrons. The second kappa shape index (κ2) is 6.63. The third kappa shape index (κ3) is 2.90. The zero-order valence-electron chi connectivity index (χ0n) is 15.6. The Kier molecular flexibility index (Phi) is 4.11. The van der Waals surface area contributed by atoms with E-state index in [1.165, 1.54) is 19.3 Å². The molecule has 0 bridgehead atoms. The number of urea groups is 1. The maximum Gasteiger partial charge on any atom is 0.320 e. The minimum Gasteiger partial charge on any atom is -0.378 e. The van der Waals surface area contributed by atoms with Crippen molar-refractivity contribution in [2.75, 3.05) is 51.3 Å². The number of rotatable bonds is 3. The van der Waals surface area contributed by atoms with Crippen molar-refractivity contribution in [2.45, 2.75) is 31.2 Å². The van der Waals surface area contributed by atoms with Gasteiger partial charge in [0.05, 0.1) is 19.3 Å². The maximum atomic E-state index is 12.6. The lowest BCUT2D eigenvalue weighted by molar-refractivity contribution is 0.0407. The van der Waals surface area contributed by atoms with Crippen molar-refractivity contribution in [3.05, 3.63) is 18.0 Å². The molecule has 3 aliphatic rings. The van der Waals surface area contributed by atoms with E-state index in [4.69, 9.17) is 9.84 Å². The van der Waals surface area contributed by atoms with Crippen molar-refractivity contribution in [1.29, 1.82) is 0 Å². The van der Waals surface area contributed by atoms with Crippen LogP contribution in [0.5, 0.6) is 0 Å². The van der Waals surface area contributed by atoms with Gasteiger partial charge in [-0.1, -0.05) is 6.42 Å². The molecule has 4 heterocycles. The molecular formula is C18H25N7O2. The number of carbonyl (C=O) groups excluding carboxylic acids is 1. The molecule has 3 fully saturated rings. The molecule has 0 atom stereocenters. The first-order valence-electron chi connectivity index (χ1n) is 9.77. The summed E-state index contributed by atoms with van der Waals surface area (Å²) in [5.74, 6) is 2.39. The summed E-state index contributed by atoms with van der Waals surface area (Å²) < 4.78 is 7.23. The Bertz CT molecular complexity index is 837. The fraction of sp³-hybridized carbons (Fsp3) is 0.667. The average Bonchev–Trinajstić information content (AvgIpc) is 3.02. The van der Waals surface area contributed by atoms with E-state index in [1.54, 1.807) is 0 Å².